The van der Waals surface area contributed by atoms with Crippen molar-refractivity contribution in [1.29, 1.82) is 0 Å². The largest absolute Gasteiger partial charge is 0.377 e. The minimum absolute atomic E-state index is 0.161. The predicted molar refractivity (Wildman–Crippen MR) is 66.6 cm³/mol. The summed E-state index contributed by atoms with van der Waals surface area (Å²) in [5, 5.41) is 3.63. The summed E-state index contributed by atoms with van der Waals surface area (Å²) in [5.74, 6) is 0. The highest BCUT2D eigenvalue weighted by Gasteiger charge is 2.35. The number of rotatable bonds is 4. The van der Waals surface area contributed by atoms with Gasteiger partial charge in [-0.15, -0.1) is 0 Å². The molecule has 0 aromatic heterocycles. The second kappa shape index (κ2) is 4.98. The highest BCUT2D eigenvalue weighted by molar-refractivity contribution is 5.15. The summed E-state index contributed by atoms with van der Waals surface area (Å²) in [6.07, 6.45) is 2.52. The zero-order valence-corrected chi connectivity index (χ0v) is 10.2. The van der Waals surface area contributed by atoms with Crippen molar-refractivity contribution < 1.29 is 4.74 Å². The molecule has 0 spiro atoms. The Morgan fingerprint density at radius 1 is 1.38 bits per heavy atom. The molecule has 88 valence electrons. The lowest BCUT2D eigenvalue weighted by atomic mass is 9.94. The molecule has 1 heterocycles. The molecule has 2 atom stereocenters. The number of hydrogen-bond acceptors (Lipinski definition) is 2. The molecular formula is C14H21NO. The third-order valence-corrected chi connectivity index (χ3v) is 3.67. The SMILES string of the molecule is CC1OCCC1(C)NCCc1ccccc1. The molecular weight excluding hydrogens is 198 g/mol. The molecule has 0 amide bonds. The van der Waals surface area contributed by atoms with E-state index in [1.807, 2.05) is 0 Å². The molecule has 0 radical (unpaired) electrons. The fourth-order valence-electron chi connectivity index (χ4n) is 2.20. The second-order valence-corrected chi connectivity index (χ2v) is 4.84. The standard InChI is InChI=1S/C14H21NO/c1-12-14(2,9-11-16-12)15-10-8-13-6-4-3-5-7-13/h3-7,12,15H,8-11H2,1-2H3. The van der Waals surface area contributed by atoms with Gasteiger partial charge in [0.15, 0.2) is 0 Å². The maximum Gasteiger partial charge on any atom is 0.0726 e. The fraction of sp³-hybridized carbons (Fsp3) is 0.571. The van der Waals surface area contributed by atoms with Crippen molar-refractivity contribution in [2.75, 3.05) is 13.2 Å². The van der Waals surface area contributed by atoms with Crippen LogP contribution < -0.4 is 5.32 Å². The monoisotopic (exact) mass is 219 g/mol. The highest BCUT2D eigenvalue weighted by Crippen LogP contribution is 2.24. The summed E-state index contributed by atoms with van der Waals surface area (Å²) < 4.78 is 5.61. The van der Waals surface area contributed by atoms with Crippen molar-refractivity contribution in [1.82, 2.24) is 5.32 Å². The summed E-state index contributed by atoms with van der Waals surface area (Å²) in [7, 11) is 0. The molecule has 2 heteroatoms. The molecule has 16 heavy (non-hydrogen) atoms. The van der Waals surface area contributed by atoms with Crippen LogP contribution in [0.15, 0.2) is 30.3 Å². The third kappa shape index (κ3) is 2.63. The summed E-state index contributed by atoms with van der Waals surface area (Å²) in [4.78, 5) is 0. The Labute approximate surface area is 98.0 Å². The van der Waals surface area contributed by atoms with Crippen LogP contribution in [0, 0.1) is 0 Å². The second-order valence-electron chi connectivity index (χ2n) is 4.84. The molecule has 2 rings (SSSR count). The van der Waals surface area contributed by atoms with Crippen LogP contribution in [0.5, 0.6) is 0 Å². The van der Waals surface area contributed by atoms with Crippen molar-refractivity contribution in [2.45, 2.75) is 38.3 Å². The Balaban J connectivity index is 1.80. The maximum absolute atomic E-state index is 5.61. The average molecular weight is 219 g/mol. The van der Waals surface area contributed by atoms with Crippen molar-refractivity contribution in [2.24, 2.45) is 0 Å². The van der Waals surface area contributed by atoms with E-state index in [4.69, 9.17) is 4.74 Å². The summed E-state index contributed by atoms with van der Waals surface area (Å²) in [6, 6.07) is 10.6. The van der Waals surface area contributed by atoms with Crippen molar-refractivity contribution in [3.05, 3.63) is 35.9 Å². The summed E-state index contributed by atoms with van der Waals surface area (Å²) in [5.41, 5.74) is 1.56. The van der Waals surface area contributed by atoms with Gasteiger partial charge in [-0.2, -0.15) is 0 Å². The lowest BCUT2D eigenvalue weighted by Gasteiger charge is -2.29. The minimum atomic E-state index is 0.161. The Kier molecular flexibility index (Phi) is 3.62. The first-order valence-corrected chi connectivity index (χ1v) is 6.11. The average Bonchev–Trinajstić information content (AvgIpc) is 2.61. The molecule has 2 unspecified atom stereocenters. The molecule has 1 saturated heterocycles. The Morgan fingerprint density at radius 2 is 2.12 bits per heavy atom. The van der Waals surface area contributed by atoms with E-state index in [1.54, 1.807) is 0 Å². The molecule has 1 aliphatic heterocycles. The van der Waals surface area contributed by atoms with Gasteiger partial charge in [0.25, 0.3) is 0 Å². The van der Waals surface area contributed by atoms with Crippen LogP contribution in [0.2, 0.25) is 0 Å². The number of nitrogens with one attached hydrogen (secondary N) is 1. The molecule has 1 fully saturated rings. The predicted octanol–water partition coefficient (Wildman–Crippen LogP) is 2.39. The first-order valence-electron chi connectivity index (χ1n) is 6.11. The topological polar surface area (TPSA) is 21.3 Å². The van der Waals surface area contributed by atoms with Gasteiger partial charge in [0.2, 0.25) is 0 Å². The Morgan fingerprint density at radius 3 is 2.75 bits per heavy atom. The third-order valence-electron chi connectivity index (χ3n) is 3.67. The molecule has 2 nitrogen and oxygen atoms in total. The molecule has 1 aromatic carbocycles. The minimum Gasteiger partial charge on any atom is -0.377 e. The zero-order chi connectivity index (χ0) is 11.4. The van der Waals surface area contributed by atoms with Crippen LogP contribution in [-0.4, -0.2) is 24.8 Å². The van der Waals surface area contributed by atoms with E-state index < -0.39 is 0 Å². The molecule has 0 saturated carbocycles. The molecule has 1 N–H and O–H groups in total. The van der Waals surface area contributed by atoms with Gasteiger partial charge in [0, 0.05) is 12.1 Å². The first-order chi connectivity index (χ1) is 7.71. The van der Waals surface area contributed by atoms with Crippen LogP contribution in [0.25, 0.3) is 0 Å². The Bertz CT molecular complexity index is 325. The van der Waals surface area contributed by atoms with E-state index >= 15 is 0 Å². The van der Waals surface area contributed by atoms with Crippen molar-refractivity contribution >= 4 is 0 Å². The number of hydrogen-bond donors (Lipinski definition) is 1. The van der Waals surface area contributed by atoms with Crippen LogP contribution in [0.3, 0.4) is 0 Å². The van der Waals surface area contributed by atoms with Crippen LogP contribution >= 0.6 is 0 Å². The van der Waals surface area contributed by atoms with Crippen LogP contribution in [-0.2, 0) is 11.2 Å². The van der Waals surface area contributed by atoms with Gasteiger partial charge in [-0.25, -0.2) is 0 Å². The van der Waals surface area contributed by atoms with Gasteiger partial charge in [0.1, 0.15) is 0 Å². The van der Waals surface area contributed by atoms with Crippen molar-refractivity contribution in [3.63, 3.8) is 0 Å². The van der Waals surface area contributed by atoms with Gasteiger partial charge in [-0.05, 0) is 38.8 Å². The van der Waals surface area contributed by atoms with Gasteiger partial charge in [0.05, 0.1) is 6.10 Å². The highest BCUT2D eigenvalue weighted by atomic mass is 16.5. The smallest absolute Gasteiger partial charge is 0.0726 e. The lowest BCUT2D eigenvalue weighted by molar-refractivity contribution is 0.0890. The molecule has 1 aliphatic rings. The molecule has 0 bridgehead atoms. The van der Waals surface area contributed by atoms with E-state index in [1.165, 1.54) is 5.56 Å². The normalized spacial score (nSPS) is 29.5. The van der Waals surface area contributed by atoms with E-state index in [0.29, 0.717) is 6.10 Å². The van der Waals surface area contributed by atoms with Gasteiger partial charge in [-0.1, -0.05) is 30.3 Å². The van der Waals surface area contributed by atoms with Gasteiger partial charge < -0.3 is 10.1 Å². The molecule has 1 aromatic rings. The van der Waals surface area contributed by atoms with Gasteiger partial charge in [-0.3, -0.25) is 0 Å². The lowest BCUT2D eigenvalue weighted by Crippen LogP contribution is -2.48. The quantitative estimate of drug-likeness (QED) is 0.839. The Hall–Kier alpha value is -0.860. The summed E-state index contributed by atoms with van der Waals surface area (Å²) in [6.45, 7) is 6.32. The first kappa shape index (κ1) is 11.6. The van der Waals surface area contributed by atoms with Crippen LogP contribution in [0.4, 0.5) is 0 Å². The van der Waals surface area contributed by atoms with E-state index in [9.17, 15) is 0 Å². The van der Waals surface area contributed by atoms with E-state index in [2.05, 4.69) is 49.5 Å². The number of benzene rings is 1. The van der Waals surface area contributed by atoms with E-state index in [0.717, 1.165) is 26.0 Å². The number of ether oxygens (including phenoxy) is 1. The van der Waals surface area contributed by atoms with Crippen LogP contribution in [0.1, 0.15) is 25.8 Å². The van der Waals surface area contributed by atoms with Gasteiger partial charge >= 0.3 is 0 Å². The summed E-state index contributed by atoms with van der Waals surface area (Å²) >= 11 is 0. The fourth-order valence-corrected chi connectivity index (χ4v) is 2.20. The molecule has 0 aliphatic carbocycles. The zero-order valence-electron chi connectivity index (χ0n) is 10.2. The van der Waals surface area contributed by atoms with E-state index in [-0.39, 0.29) is 5.54 Å². The maximum atomic E-state index is 5.61. The van der Waals surface area contributed by atoms with Crippen molar-refractivity contribution in [3.8, 4) is 0 Å².